The van der Waals surface area contributed by atoms with Gasteiger partial charge in [-0.05, 0) is 25.0 Å². The minimum atomic E-state index is -0.261. The van der Waals surface area contributed by atoms with Gasteiger partial charge >= 0.3 is 0 Å². The lowest BCUT2D eigenvalue weighted by atomic mass is 10.1. The van der Waals surface area contributed by atoms with Gasteiger partial charge in [0.2, 0.25) is 0 Å². The molecule has 6 nitrogen and oxygen atoms in total. The van der Waals surface area contributed by atoms with E-state index in [1.54, 1.807) is 0 Å². The second kappa shape index (κ2) is 10.7. The van der Waals surface area contributed by atoms with E-state index in [1.807, 2.05) is 48.6 Å². The number of aliphatic hydroxyl groups is 2. The van der Waals surface area contributed by atoms with Crippen molar-refractivity contribution < 1.29 is 29.2 Å². The molecule has 2 atom stereocenters. The summed E-state index contributed by atoms with van der Waals surface area (Å²) in [6.45, 7) is 8.15. The van der Waals surface area contributed by atoms with Crippen LogP contribution in [0.2, 0.25) is 0 Å². The molecule has 4 rings (SSSR count). The van der Waals surface area contributed by atoms with E-state index in [-0.39, 0.29) is 25.4 Å². The van der Waals surface area contributed by atoms with Gasteiger partial charge in [-0.15, -0.1) is 13.2 Å². The number of fused-ring (bicyclic) bond motifs is 2. The van der Waals surface area contributed by atoms with E-state index in [1.165, 1.54) is 0 Å². The molecule has 2 heterocycles. The quantitative estimate of drug-likeness (QED) is 0.710. The molecule has 2 N–H and O–H groups in total. The predicted molar refractivity (Wildman–Crippen MR) is 115 cm³/mol. The Hall–Kier alpha value is -2.96. The van der Waals surface area contributed by atoms with Gasteiger partial charge in [0.25, 0.3) is 0 Å². The van der Waals surface area contributed by atoms with Gasteiger partial charge in [0.05, 0.1) is 13.2 Å². The summed E-state index contributed by atoms with van der Waals surface area (Å²) in [4.78, 5) is 0. The fourth-order valence-corrected chi connectivity index (χ4v) is 3.21. The van der Waals surface area contributed by atoms with E-state index >= 15 is 0 Å². The summed E-state index contributed by atoms with van der Waals surface area (Å²) in [7, 11) is 0. The molecule has 2 aliphatic heterocycles. The third kappa shape index (κ3) is 5.14. The lowest BCUT2D eigenvalue weighted by molar-refractivity contribution is 0.0448. The highest BCUT2D eigenvalue weighted by Crippen LogP contribution is 2.36. The molecule has 0 saturated carbocycles. The van der Waals surface area contributed by atoms with Crippen LogP contribution in [0.3, 0.4) is 0 Å². The Morgan fingerprint density at radius 2 is 1.33 bits per heavy atom. The van der Waals surface area contributed by atoms with Crippen LogP contribution in [0.1, 0.15) is 11.1 Å². The van der Waals surface area contributed by atoms with Crippen LogP contribution in [-0.2, 0) is 12.8 Å². The average molecular weight is 412 g/mol. The Morgan fingerprint density at radius 3 is 1.97 bits per heavy atom. The average Bonchev–Trinajstić information content (AvgIpc) is 2.79. The maximum absolute atomic E-state index is 9.01. The van der Waals surface area contributed by atoms with Crippen LogP contribution >= 0.6 is 0 Å². The van der Waals surface area contributed by atoms with E-state index in [0.717, 1.165) is 41.2 Å². The maximum atomic E-state index is 9.01. The molecule has 0 amide bonds. The van der Waals surface area contributed by atoms with Crippen molar-refractivity contribution in [3.63, 3.8) is 0 Å². The molecule has 0 spiro atoms. The Bertz CT molecular complexity index is 863. The van der Waals surface area contributed by atoms with E-state index in [2.05, 4.69) is 13.2 Å². The van der Waals surface area contributed by atoms with Crippen molar-refractivity contribution in [1.29, 1.82) is 0 Å². The Morgan fingerprint density at radius 1 is 0.767 bits per heavy atom. The van der Waals surface area contributed by atoms with Crippen LogP contribution in [0.5, 0.6) is 23.0 Å². The number of hydrogen-bond acceptors (Lipinski definition) is 6. The third-order valence-electron chi connectivity index (χ3n) is 4.67. The van der Waals surface area contributed by atoms with E-state index < -0.39 is 0 Å². The molecule has 0 aliphatic carbocycles. The van der Waals surface area contributed by atoms with Crippen LogP contribution in [0.15, 0.2) is 61.7 Å². The Labute approximate surface area is 177 Å². The summed E-state index contributed by atoms with van der Waals surface area (Å²) >= 11 is 0. The Balaban J connectivity index is 0.000000171. The van der Waals surface area contributed by atoms with E-state index in [4.69, 9.17) is 29.2 Å². The van der Waals surface area contributed by atoms with Crippen LogP contribution < -0.4 is 18.9 Å². The van der Waals surface area contributed by atoms with Crippen molar-refractivity contribution in [2.45, 2.75) is 25.0 Å². The summed E-state index contributed by atoms with van der Waals surface area (Å²) in [5, 5.41) is 18.0. The first-order valence-electron chi connectivity index (χ1n) is 9.96. The van der Waals surface area contributed by atoms with Crippen LogP contribution in [0.25, 0.3) is 0 Å². The van der Waals surface area contributed by atoms with Crippen molar-refractivity contribution >= 4 is 0 Å². The van der Waals surface area contributed by atoms with Gasteiger partial charge in [-0.25, -0.2) is 0 Å². The minimum Gasteiger partial charge on any atom is -0.486 e. The molecular weight excluding hydrogens is 384 g/mol. The van der Waals surface area contributed by atoms with Crippen molar-refractivity contribution in [3.05, 3.63) is 72.8 Å². The molecule has 160 valence electrons. The zero-order chi connectivity index (χ0) is 21.3. The number of aliphatic hydroxyl groups excluding tert-OH is 2. The van der Waals surface area contributed by atoms with E-state index in [0.29, 0.717) is 19.0 Å². The zero-order valence-electron chi connectivity index (χ0n) is 17.0. The lowest BCUT2D eigenvalue weighted by Gasteiger charge is -2.26. The summed E-state index contributed by atoms with van der Waals surface area (Å²) in [5.41, 5.74) is 2.11. The topological polar surface area (TPSA) is 77.4 Å². The standard InChI is InChI=1S/2C12H14O3/c1-2-4-9-5-3-6-11-12(9)14-8-10(7-13)15-11;1-2-4-9-5-3-6-11-12(9)15-10(7-13)8-14-11/h2*2-3,5-6,10,13H,1,4,7-8H2. The molecule has 2 aromatic carbocycles. The predicted octanol–water partition coefficient (Wildman–Crippen LogP) is 3.09. The highest BCUT2D eigenvalue weighted by molar-refractivity contribution is 5.49. The Kier molecular flexibility index (Phi) is 7.76. The van der Waals surface area contributed by atoms with Crippen LogP contribution in [-0.4, -0.2) is 48.8 Å². The minimum absolute atomic E-state index is 0.0227. The highest BCUT2D eigenvalue weighted by atomic mass is 16.6. The van der Waals surface area contributed by atoms with Gasteiger partial charge in [0, 0.05) is 11.1 Å². The van der Waals surface area contributed by atoms with Crippen molar-refractivity contribution in [3.8, 4) is 23.0 Å². The summed E-state index contributed by atoms with van der Waals surface area (Å²) < 4.78 is 22.3. The smallest absolute Gasteiger partial charge is 0.165 e. The van der Waals surface area contributed by atoms with Crippen molar-refractivity contribution in [2.75, 3.05) is 26.4 Å². The molecular formula is C24H28O6. The second-order valence-corrected chi connectivity index (χ2v) is 6.94. The largest absolute Gasteiger partial charge is 0.486 e. The SMILES string of the molecule is C=CCc1cccc2c1OC(CO)CO2.C=CCc1cccc2c1OCC(CO)O2. The first kappa shape index (κ1) is 21.7. The number of rotatable bonds is 6. The number of hydrogen-bond donors (Lipinski definition) is 2. The highest BCUT2D eigenvalue weighted by Gasteiger charge is 2.23. The molecule has 0 aromatic heterocycles. The molecule has 2 aliphatic rings. The number of ether oxygens (including phenoxy) is 4. The molecule has 6 heteroatoms. The molecule has 30 heavy (non-hydrogen) atoms. The monoisotopic (exact) mass is 412 g/mol. The van der Waals surface area contributed by atoms with Gasteiger partial charge in [-0.2, -0.15) is 0 Å². The molecule has 2 unspecified atom stereocenters. The summed E-state index contributed by atoms with van der Waals surface area (Å²) in [6, 6.07) is 11.5. The molecule has 0 bridgehead atoms. The fraction of sp³-hybridized carbons (Fsp3) is 0.333. The molecule has 0 radical (unpaired) electrons. The summed E-state index contributed by atoms with van der Waals surface area (Å²) in [5.74, 6) is 2.98. The first-order valence-corrected chi connectivity index (χ1v) is 9.96. The second-order valence-electron chi connectivity index (χ2n) is 6.94. The van der Waals surface area contributed by atoms with Crippen LogP contribution in [0, 0.1) is 0 Å². The van der Waals surface area contributed by atoms with Gasteiger partial charge in [-0.1, -0.05) is 36.4 Å². The lowest BCUT2D eigenvalue weighted by Crippen LogP contribution is -2.32. The maximum Gasteiger partial charge on any atom is 0.165 e. The molecule has 0 saturated heterocycles. The van der Waals surface area contributed by atoms with Crippen molar-refractivity contribution in [2.24, 2.45) is 0 Å². The van der Waals surface area contributed by atoms with Gasteiger partial charge in [0.15, 0.2) is 35.2 Å². The number of para-hydroxylation sites is 2. The first-order chi connectivity index (χ1) is 14.7. The normalized spacial score (nSPS) is 18.6. The number of allylic oxidation sites excluding steroid dienone is 2. The molecule has 0 fully saturated rings. The third-order valence-corrected chi connectivity index (χ3v) is 4.67. The van der Waals surface area contributed by atoms with E-state index in [9.17, 15) is 0 Å². The summed E-state index contributed by atoms with van der Waals surface area (Å²) in [6.07, 6.45) is 4.64. The zero-order valence-corrected chi connectivity index (χ0v) is 17.0. The van der Waals surface area contributed by atoms with Gasteiger partial charge in [0.1, 0.15) is 13.2 Å². The van der Waals surface area contributed by atoms with Crippen molar-refractivity contribution in [1.82, 2.24) is 0 Å². The fourth-order valence-electron chi connectivity index (χ4n) is 3.21. The number of benzene rings is 2. The molecule has 2 aromatic rings. The van der Waals surface area contributed by atoms with Gasteiger partial charge in [-0.3, -0.25) is 0 Å². The van der Waals surface area contributed by atoms with Gasteiger partial charge < -0.3 is 29.2 Å². The van der Waals surface area contributed by atoms with Crippen LogP contribution in [0.4, 0.5) is 0 Å².